The number of rotatable bonds is 15. The molecule has 15 heteroatoms. The predicted molar refractivity (Wildman–Crippen MR) is 146 cm³/mol. The Balaban J connectivity index is 2.16. The number of aromatic hydroxyl groups is 1. The van der Waals surface area contributed by atoms with Gasteiger partial charge in [0.1, 0.15) is 24.4 Å². The van der Waals surface area contributed by atoms with E-state index in [9.17, 15) is 32.7 Å². The highest BCUT2D eigenvalue weighted by Crippen LogP contribution is 2.13. The monoisotopic (exact) mass is 580 g/mol. The van der Waals surface area contributed by atoms with E-state index < -0.39 is 48.6 Å². The molecule has 0 aromatic heterocycles. The zero-order valence-electron chi connectivity index (χ0n) is 22.2. The van der Waals surface area contributed by atoms with Crippen LogP contribution in [0.3, 0.4) is 0 Å². The number of aliphatic imine (C=N–C) groups is 1. The van der Waals surface area contributed by atoms with Crippen molar-refractivity contribution in [3.8, 4) is 5.75 Å². The number of hydrogen-bond donors (Lipinski definition) is 8. The van der Waals surface area contributed by atoms with Crippen LogP contribution in [0.15, 0.2) is 59.6 Å². The molecule has 11 N–H and O–H groups in total. The van der Waals surface area contributed by atoms with Gasteiger partial charge in [0.2, 0.25) is 11.8 Å². The minimum Gasteiger partial charge on any atom is -0.508 e. The van der Waals surface area contributed by atoms with E-state index in [2.05, 4.69) is 15.6 Å². The second kappa shape index (κ2) is 16.0. The van der Waals surface area contributed by atoms with Gasteiger partial charge in [0.05, 0.1) is 6.04 Å². The van der Waals surface area contributed by atoms with E-state index in [1.807, 2.05) is 5.43 Å². The molecule has 3 atom stereocenters. The van der Waals surface area contributed by atoms with Gasteiger partial charge in [0.15, 0.2) is 5.96 Å². The van der Waals surface area contributed by atoms with Crippen molar-refractivity contribution in [1.29, 1.82) is 0 Å². The summed E-state index contributed by atoms with van der Waals surface area (Å²) in [6.45, 7) is -1.33. The first kappa shape index (κ1) is 32.8. The van der Waals surface area contributed by atoms with Crippen molar-refractivity contribution in [2.45, 2.75) is 50.0 Å². The van der Waals surface area contributed by atoms with Crippen LogP contribution in [0.4, 0.5) is 13.2 Å². The third-order valence-corrected chi connectivity index (χ3v) is 5.72. The minimum absolute atomic E-state index is 0.0405. The van der Waals surface area contributed by atoms with Gasteiger partial charge in [0.25, 0.3) is 5.91 Å². The van der Waals surface area contributed by atoms with Crippen molar-refractivity contribution in [3.05, 3.63) is 65.7 Å². The molecule has 0 bridgehead atoms. The normalized spacial score (nSPS) is 13.4. The molecule has 224 valence electrons. The highest BCUT2D eigenvalue weighted by Gasteiger charge is 2.30. The molecule has 0 unspecified atom stereocenters. The Morgan fingerprint density at radius 1 is 0.854 bits per heavy atom. The van der Waals surface area contributed by atoms with E-state index in [1.54, 1.807) is 47.9 Å². The molecular weight excluding hydrogens is 545 g/mol. The van der Waals surface area contributed by atoms with Gasteiger partial charge in [-0.3, -0.25) is 24.8 Å². The Hall–Kier alpha value is -4.37. The molecule has 2 aromatic rings. The fourth-order valence-corrected chi connectivity index (χ4v) is 3.68. The predicted octanol–water partition coefficient (Wildman–Crippen LogP) is -0.289. The number of amides is 3. The molecule has 0 saturated heterocycles. The van der Waals surface area contributed by atoms with Crippen LogP contribution in [0.2, 0.25) is 0 Å². The van der Waals surface area contributed by atoms with Gasteiger partial charge in [-0.25, -0.2) is 5.43 Å². The molecular formula is C26H35F3N8O4. The number of hydrogen-bond acceptors (Lipinski definition) is 7. The topological polar surface area (TPSA) is 210 Å². The zero-order chi connectivity index (χ0) is 30.4. The van der Waals surface area contributed by atoms with Crippen molar-refractivity contribution in [1.82, 2.24) is 21.5 Å². The molecule has 41 heavy (non-hydrogen) atoms. The number of nitrogens with one attached hydrogen (secondary N) is 4. The average molecular weight is 581 g/mol. The Bertz CT molecular complexity index is 1160. The van der Waals surface area contributed by atoms with Gasteiger partial charge >= 0.3 is 6.18 Å². The number of guanidine groups is 1. The van der Waals surface area contributed by atoms with Gasteiger partial charge in [-0.1, -0.05) is 42.5 Å². The first-order valence-electron chi connectivity index (χ1n) is 12.7. The first-order valence-corrected chi connectivity index (χ1v) is 12.7. The molecule has 0 aliphatic heterocycles. The van der Waals surface area contributed by atoms with E-state index >= 15 is 0 Å². The van der Waals surface area contributed by atoms with Crippen molar-refractivity contribution < 1.29 is 32.7 Å². The number of nitrogens with two attached hydrogens (primary N) is 3. The smallest absolute Gasteiger partial charge is 0.402 e. The Kier molecular flexibility index (Phi) is 12.8. The molecule has 0 saturated carbocycles. The molecule has 2 rings (SSSR count). The molecule has 12 nitrogen and oxygen atoms in total. The summed E-state index contributed by atoms with van der Waals surface area (Å²) < 4.78 is 37.6. The fraction of sp³-hybridized carbons (Fsp3) is 0.385. The van der Waals surface area contributed by atoms with Crippen LogP contribution in [-0.2, 0) is 27.2 Å². The van der Waals surface area contributed by atoms with Crippen molar-refractivity contribution in [2.24, 2.45) is 22.2 Å². The molecule has 3 amide bonds. The number of hydrazine groups is 1. The summed E-state index contributed by atoms with van der Waals surface area (Å²) in [5, 5.41) is 14.5. The third-order valence-electron chi connectivity index (χ3n) is 5.72. The lowest BCUT2D eigenvalue weighted by molar-refractivity contribution is -0.136. The van der Waals surface area contributed by atoms with Gasteiger partial charge in [-0.05, 0) is 42.5 Å². The standard InChI is InChI=1S/C26H35F3N8O4/c27-26(28,29)15-34-37-24(41)21(14-16-5-2-1-3-6-16)36-23(40)20(7-4-12-33-25(31)32)35-22(39)19(30)13-17-8-10-18(38)11-9-17/h1-3,5-6,8-11,19-21,34,38H,4,7,12-15,30H2,(H,35,39)(H,36,40)(H,37,41)(H4,31,32,33)/t19-,20+,21-/m0/s1. The van der Waals surface area contributed by atoms with Crippen molar-refractivity contribution in [3.63, 3.8) is 0 Å². The highest BCUT2D eigenvalue weighted by atomic mass is 19.4. The van der Waals surface area contributed by atoms with Crippen LogP contribution in [0.5, 0.6) is 5.75 Å². The third kappa shape index (κ3) is 13.0. The maximum atomic E-state index is 13.3. The lowest BCUT2D eigenvalue weighted by Crippen LogP contribution is -2.58. The van der Waals surface area contributed by atoms with Gasteiger partial charge in [-0.2, -0.15) is 13.2 Å². The zero-order valence-corrected chi connectivity index (χ0v) is 22.2. The van der Waals surface area contributed by atoms with E-state index in [-0.39, 0.29) is 43.9 Å². The Morgan fingerprint density at radius 2 is 1.46 bits per heavy atom. The quantitative estimate of drug-likeness (QED) is 0.0606. The summed E-state index contributed by atoms with van der Waals surface area (Å²) in [6.07, 6.45) is -4.17. The summed E-state index contributed by atoms with van der Waals surface area (Å²) in [5.74, 6) is -2.44. The molecule has 0 aliphatic carbocycles. The molecule has 0 aliphatic rings. The van der Waals surface area contributed by atoms with Gasteiger partial charge < -0.3 is 32.9 Å². The molecule has 0 fully saturated rings. The summed E-state index contributed by atoms with van der Waals surface area (Å²) in [6, 6.07) is 11.1. The number of alkyl halides is 3. The molecule has 0 spiro atoms. The summed E-state index contributed by atoms with van der Waals surface area (Å²) in [7, 11) is 0. The number of nitrogens with zero attached hydrogens (tertiary/aromatic N) is 1. The van der Waals surface area contributed by atoms with Crippen LogP contribution in [0.25, 0.3) is 0 Å². The van der Waals surface area contributed by atoms with Crippen LogP contribution in [0, 0.1) is 0 Å². The summed E-state index contributed by atoms with van der Waals surface area (Å²) in [5.41, 5.74) is 21.8. The lowest BCUT2D eigenvalue weighted by atomic mass is 10.0. The van der Waals surface area contributed by atoms with E-state index in [0.29, 0.717) is 11.1 Å². The molecule has 0 heterocycles. The second-order valence-corrected chi connectivity index (χ2v) is 9.20. The number of phenolic OH excluding ortho intramolecular Hbond substituents is 1. The van der Waals surface area contributed by atoms with E-state index in [4.69, 9.17) is 17.2 Å². The maximum Gasteiger partial charge on any atom is 0.402 e. The lowest BCUT2D eigenvalue weighted by Gasteiger charge is -2.24. The van der Waals surface area contributed by atoms with Crippen LogP contribution >= 0.6 is 0 Å². The number of benzene rings is 2. The molecule has 2 aromatic carbocycles. The number of halogens is 3. The number of carbonyl (C=O) groups is 3. The largest absolute Gasteiger partial charge is 0.508 e. The first-order chi connectivity index (χ1) is 19.3. The van der Waals surface area contributed by atoms with Crippen molar-refractivity contribution >= 4 is 23.7 Å². The van der Waals surface area contributed by atoms with Gasteiger partial charge in [0, 0.05) is 13.0 Å². The van der Waals surface area contributed by atoms with Crippen LogP contribution < -0.4 is 38.7 Å². The van der Waals surface area contributed by atoms with Crippen molar-refractivity contribution in [2.75, 3.05) is 13.1 Å². The van der Waals surface area contributed by atoms with Crippen LogP contribution in [0.1, 0.15) is 24.0 Å². The number of phenols is 1. The maximum absolute atomic E-state index is 13.3. The van der Waals surface area contributed by atoms with Gasteiger partial charge in [-0.15, -0.1) is 0 Å². The fourth-order valence-electron chi connectivity index (χ4n) is 3.68. The average Bonchev–Trinajstić information content (AvgIpc) is 2.90. The Morgan fingerprint density at radius 3 is 2.07 bits per heavy atom. The minimum atomic E-state index is -4.57. The summed E-state index contributed by atoms with van der Waals surface area (Å²) >= 11 is 0. The SMILES string of the molecule is NC(N)=NCCC[C@@H](NC(=O)[C@@H](N)Cc1ccc(O)cc1)C(=O)N[C@@H](Cc1ccccc1)C(=O)NNCC(F)(F)F. The van der Waals surface area contributed by atoms with Crippen LogP contribution in [-0.4, -0.2) is 66.2 Å². The summed E-state index contributed by atoms with van der Waals surface area (Å²) in [4.78, 5) is 42.8. The number of carbonyl (C=O) groups excluding carboxylic acids is 3. The highest BCUT2D eigenvalue weighted by molar-refractivity contribution is 5.93. The van der Waals surface area contributed by atoms with E-state index in [1.165, 1.54) is 12.1 Å². The molecule has 0 radical (unpaired) electrons. The van der Waals surface area contributed by atoms with E-state index in [0.717, 1.165) is 0 Å². The Labute approximate surface area is 234 Å². The second-order valence-electron chi connectivity index (χ2n) is 9.20.